The molecule has 1 fully saturated rings. The molecule has 0 aromatic heterocycles. The van der Waals surface area contributed by atoms with Crippen molar-refractivity contribution in [1.29, 1.82) is 0 Å². The lowest BCUT2D eigenvalue weighted by atomic mass is 10.1. The topological polar surface area (TPSA) is 47.6 Å². The second-order valence-corrected chi connectivity index (χ2v) is 6.13. The lowest BCUT2D eigenvalue weighted by molar-refractivity contribution is -0.120. The zero-order valence-corrected chi connectivity index (χ0v) is 14.0. The molecule has 4 nitrogen and oxygen atoms in total. The molecular formula is C20H22FNO3. The Morgan fingerprint density at radius 2 is 2.00 bits per heavy atom. The van der Waals surface area contributed by atoms with Crippen LogP contribution in [0.3, 0.4) is 0 Å². The molecule has 5 heteroatoms. The first-order valence-electron chi connectivity index (χ1n) is 8.54. The number of ether oxygens (including phenoxy) is 2. The van der Waals surface area contributed by atoms with E-state index in [2.05, 4.69) is 5.32 Å². The largest absolute Gasteiger partial charge is 0.491 e. The number of benzene rings is 2. The Balaban J connectivity index is 1.43. The predicted octanol–water partition coefficient (Wildman–Crippen LogP) is 3.24. The minimum absolute atomic E-state index is 0.0370. The van der Waals surface area contributed by atoms with E-state index in [0.29, 0.717) is 18.7 Å². The van der Waals surface area contributed by atoms with E-state index in [9.17, 15) is 9.18 Å². The van der Waals surface area contributed by atoms with Gasteiger partial charge in [0.1, 0.15) is 18.2 Å². The first-order chi connectivity index (χ1) is 12.2. The Hall–Kier alpha value is -2.40. The molecule has 2 aromatic carbocycles. The molecule has 1 N–H and O–H groups in total. The van der Waals surface area contributed by atoms with Crippen LogP contribution < -0.4 is 10.1 Å². The van der Waals surface area contributed by atoms with Crippen LogP contribution in [0, 0.1) is 5.82 Å². The fourth-order valence-corrected chi connectivity index (χ4v) is 2.75. The molecule has 0 radical (unpaired) electrons. The van der Waals surface area contributed by atoms with Gasteiger partial charge in [-0.25, -0.2) is 4.39 Å². The van der Waals surface area contributed by atoms with Crippen LogP contribution in [-0.2, 0) is 22.5 Å². The van der Waals surface area contributed by atoms with Gasteiger partial charge in [0.25, 0.3) is 0 Å². The summed E-state index contributed by atoms with van der Waals surface area (Å²) in [6.07, 6.45) is 2.37. The van der Waals surface area contributed by atoms with E-state index in [1.165, 1.54) is 6.07 Å². The van der Waals surface area contributed by atoms with Crippen LogP contribution in [0.1, 0.15) is 24.0 Å². The second kappa shape index (κ2) is 8.62. The highest BCUT2D eigenvalue weighted by Crippen LogP contribution is 2.16. The minimum Gasteiger partial charge on any atom is -0.491 e. The summed E-state index contributed by atoms with van der Waals surface area (Å²) in [4.78, 5) is 11.9. The van der Waals surface area contributed by atoms with Crippen molar-refractivity contribution in [2.45, 2.75) is 31.9 Å². The van der Waals surface area contributed by atoms with Crippen molar-refractivity contribution < 1.29 is 18.7 Å². The Morgan fingerprint density at radius 3 is 2.72 bits per heavy atom. The number of nitrogens with one attached hydrogen (secondary N) is 1. The molecule has 1 atom stereocenters. The molecular weight excluding hydrogens is 321 g/mol. The Kier molecular flexibility index (Phi) is 6.01. The summed E-state index contributed by atoms with van der Waals surface area (Å²) in [5, 5.41) is 2.80. The molecule has 1 unspecified atom stereocenters. The number of carbonyl (C=O) groups is 1. The monoisotopic (exact) mass is 343 g/mol. The van der Waals surface area contributed by atoms with Gasteiger partial charge in [-0.2, -0.15) is 0 Å². The SMILES string of the molecule is O=C(Cc1ccccc1F)NCc1ccc(OCC2CCCO2)cc1. The van der Waals surface area contributed by atoms with Crippen molar-refractivity contribution in [2.75, 3.05) is 13.2 Å². The summed E-state index contributed by atoms with van der Waals surface area (Å²) in [5.41, 5.74) is 1.37. The lowest BCUT2D eigenvalue weighted by Crippen LogP contribution is -2.24. The zero-order chi connectivity index (χ0) is 17.5. The third-order valence-electron chi connectivity index (χ3n) is 4.18. The van der Waals surface area contributed by atoms with Gasteiger partial charge in [0, 0.05) is 13.2 Å². The number of rotatable bonds is 7. The van der Waals surface area contributed by atoms with Crippen molar-refractivity contribution in [2.24, 2.45) is 0 Å². The summed E-state index contributed by atoms with van der Waals surface area (Å²) in [6, 6.07) is 13.9. The van der Waals surface area contributed by atoms with E-state index in [-0.39, 0.29) is 24.2 Å². The van der Waals surface area contributed by atoms with Gasteiger partial charge in [-0.05, 0) is 42.2 Å². The Bertz CT molecular complexity index is 696. The van der Waals surface area contributed by atoms with Crippen LogP contribution in [0.25, 0.3) is 0 Å². The average Bonchev–Trinajstić information content (AvgIpc) is 3.15. The number of hydrogen-bond donors (Lipinski definition) is 1. The zero-order valence-electron chi connectivity index (χ0n) is 14.0. The second-order valence-electron chi connectivity index (χ2n) is 6.13. The maximum atomic E-state index is 13.5. The highest BCUT2D eigenvalue weighted by atomic mass is 19.1. The molecule has 0 saturated carbocycles. The van der Waals surface area contributed by atoms with E-state index in [4.69, 9.17) is 9.47 Å². The smallest absolute Gasteiger partial charge is 0.224 e. The highest BCUT2D eigenvalue weighted by molar-refractivity contribution is 5.78. The van der Waals surface area contributed by atoms with Crippen LogP contribution in [0.15, 0.2) is 48.5 Å². The maximum Gasteiger partial charge on any atom is 0.224 e. The third kappa shape index (κ3) is 5.29. The van der Waals surface area contributed by atoms with Crippen LogP contribution >= 0.6 is 0 Å². The summed E-state index contributed by atoms with van der Waals surface area (Å²) >= 11 is 0. The van der Waals surface area contributed by atoms with Gasteiger partial charge >= 0.3 is 0 Å². The van der Waals surface area contributed by atoms with Gasteiger partial charge in [-0.1, -0.05) is 30.3 Å². The van der Waals surface area contributed by atoms with E-state index in [1.807, 2.05) is 24.3 Å². The molecule has 1 aliphatic heterocycles. The summed E-state index contributed by atoms with van der Waals surface area (Å²) < 4.78 is 24.8. The van der Waals surface area contributed by atoms with Crippen molar-refractivity contribution in [3.05, 3.63) is 65.5 Å². The van der Waals surface area contributed by atoms with Gasteiger partial charge in [-0.15, -0.1) is 0 Å². The Morgan fingerprint density at radius 1 is 1.20 bits per heavy atom. The lowest BCUT2D eigenvalue weighted by Gasteiger charge is -2.12. The average molecular weight is 343 g/mol. The highest BCUT2D eigenvalue weighted by Gasteiger charge is 2.15. The molecule has 1 heterocycles. The molecule has 25 heavy (non-hydrogen) atoms. The molecule has 3 rings (SSSR count). The predicted molar refractivity (Wildman–Crippen MR) is 92.9 cm³/mol. The summed E-state index contributed by atoms with van der Waals surface area (Å²) in [6.45, 7) is 1.79. The van der Waals surface area contributed by atoms with Crippen molar-refractivity contribution in [1.82, 2.24) is 5.32 Å². The fraction of sp³-hybridized carbons (Fsp3) is 0.350. The van der Waals surface area contributed by atoms with Gasteiger partial charge in [0.15, 0.2) is 0 Å². The fourth-order valence-electron chi connectivity index (χ4n) is 2.75. The van der Waals surface area contributed by atoms with Crippen LogP contribution in [0.5, 0.6) is 5.75 Å². The number of amides is 1. The third-order valence-corrected chi connectivity index (χ3v) is 4.18. The summed E-state index contributed by atoms with van der Waals surface area (Å²) in [7, 11) is 0. The van der Waals surface area contributed by atoms with E-state index >= 15 is 0 Å². The molecule has 1 saturated heterocycles. The van der Waals surface area contributed by atoms with Crippen LogP contribution in [-0.4, -0.2) is 25.2 Å². The van der Waals surface area contributed by atoms with Crippen LogP contribution in [0.4, 0.5) is 4.39 Å². The molecule has 0 spiro atoms. The molecule has 2 aromatic rings. The molecule has 0 aliphatic carbocycles. The number of halogens is 1. The maximum absolute atomic E-state index is 13.5. The van der Waals surface area contributed by atoms with Gasteiger partial charge in [0.05, 0.1) is 12.5 Å². The van der Waals surface area contributed by atoms with Crippen molar-refractivity contribution in [3.63, 3.8) is 0 Å². The van der Waals surface area contributed by atoms with Crippen LogP contribution in [0.2, 0.25) is 0 Å². The van der Waals surface area contributed by atoms with E-state index in [1.54, 1.807) is 18.2 Å². The van der Waals surface area contributed by atoms with E-state index in [0.717, 1.165) is 30.8 Å². The minimum atomic E-state index is -0.356. The molecule has 1 aliphatic rings. The Labute approximate surface area is 147 Å². The number of carbonyl (C=O) groups excluding carboxylic acids is 1. The van der Waals surface area contributed by atoms with E-state index < -0.39 is 0 Å². The standard InChI is InChI=1S/C20H22FNO3/c21-19-6-2-1-4-16(19)12-20(23)22-13-15-7-9-17(10-8-15)25-14-18-5-3-11-24-18/h1-2,4,6-10,18H,3,5,11-14H2,(H,22,23). The molecule has 1 amide bonds. The molecule has 0 bridgehead atoms. The first-order valence-corrected chi connectivity index (χ1v) is 8.54. The summed E-state index contributed by atoms with van der Waals surface area (Å²) in [5.74, 6) is 0.228. The normalized spacial score (nSPS) is 16.6. The quantitative estimate of drug-likeness (QED) is 0.839. The van der Waals surface area contributed by atoms with Gasteiger partial charge in [0.2, 0.25) is 5.91 Å². The van der Waals surface area contributed by atoms with Gasteiger partial charge < -0.3 is 14.8 Å². The van der Waals surface area contributed by atoms with Gasteiger partial charge in [-0.3, -0.25) is 4.79 Å². The molecule has 132 valence electrons. The first kappa shape index (κ1) is 17.4. The van der Waals surface area contributed by atoms with Crippen molar-refractivity contribution in [3.8, 4) is 5.75 Å². The number of hydrogen-bond acceptors (Lipinski definition) is 3. The van der Waals surface area contributed by atoms with Crippen molar-refractivity contribution >= 4 is 5.91 Å².